The first-order valence-corrected chi connectivity index (χ1v) is 4.18. The van der Waals surface area contributed by atoms with E-state index in [9.17, 15) is 0 Å². The average molecular weight is 169 g/mol. The summed E-state index contributed by atoms with van der Waals surface area (Å²) in [5.41, 5.74) is 0. The Balaban J connectivity index is 4.55. The minimum Gasteiger partial charge on any atom is -0.322 e. The highest BCUT2D eigenvalue weighted by Gasteiger charge is 2.11. The molecule has 0 bridgehead atoms. The Bertz CT molecular complexity index is 192. The Morgan fingerprint density at radius 3 is 1.92 bits per heavy atom. The summed E-state index contributed by atoms with van der Waals surface area (Å²) in [6.45, 7) is 6.23. The highest BCUT2D eigenvalue weighted by Crippen LogP contribution is 2.02. The molecule has 12 heavy (non-hydrogen) atoms. The van der Waals surface area contributed by atoms with Crippen molar-refractivity contribution in [2.45, 2.75) is 20.8 Å². The maximum Gasteiger partial charge on any atom is 0.106 e. The molecule has 0 heterocycles. The van der Waals surface area contributed by atoms with Crippen molar-refractivity contribution in [3.63, 3.8) is 0 Å². The third-order valence-electron chi connectivity index (χ3n) is 1.90. The monoisotopic (exact) mass is 169 g/mol. The third-order valence-corrected chi connectivity index (χ3v) is 1.90. The van der Waals surface area contributed by atoms with Gasteiger partial charge < -0.3 is 4.90 Å². The Kier molecular flexibility index (Phi) is 4.55. The van der Waals surface area contributed by atoms with Crippen LogP contribution in [0.3, 0.4) is 0 Å². The first-order valence-electron chi connectivity index (χ1n) is 4.18. The highest BCUT2D eigenvalue weighted by atomic mass is 15.2. The lowest BCUT2D eigenvalue weighted by Gasteiger charge is -2.22. The fourth-order valence-electron chi connectivity index (χ4n) is 1.11. The van der Waals surface area contributed by atoms with Crippen LogP contribution >= 0.6 is 0 Å². The standard InChI is InChI=1S/C9H19N3/c1-7(2)9(11-5)12(6)8(3)10-4/h7H,1-6H3. The van der Waals surface area contributed by atoms with Gasteiger partial charge in [0.25, 0.3) is 0 Å². The molecule has 0 spiro atoms. The van der Waals surface area contributed by atoms with E-state index in [2.05, 4.69) is 23.8 Å². The molecule has 0 saturated heterocycles. The van der Waals surface area contributed by atoms with Gasteiger partial charge in [-0.25, -0.2) is 0 Å². The molecule has 0 aliphatic carbocycles. The maximum absolute atomic E-state index is 4.22. The quantitative estimate of drug-likeness (QED) is 0.433. The van der Waals surface area contributed by atoms with E-state index in [0.29, 0.717) is 5.92 Å². The van der Waals surface area contributed by atoms with Crippen molar-refractivity contribution < 1.29 is 0 Å². The van der Waals surface area contributed by atoms with E-state index in [-0.39, 0.29) is 0 Å². The molecule has 0 rings (SSSR count). The van der Waals surface area contributed by atoms with Crippen LogP contribution in [0, 0.1) is 5.92 Å². The first-order chi connectivity index (χ1) is 5.54. The summed E-state index contributed by atoms with van der Waals surface area (Å²) in [4.78, 5) is 10.3. The van der Waals surface area contributed by atoms with Gasteiger partial charge in [-0.2, -0.15) is 0 Å². The largest absolute Gasteiger partial charge is 0.322 e. The van der Waals surface area contributed by atoms with Crippen molar-refractivity contribution in [3.8, 4) is 0 Å². The van der Waals surface area contributed by atoms with E-state index in [1.807, 2.05) is 25.9 Å². The Morgan fingerprint density at radius 1 is 1.17 bits per heavy atom. The minimum absolute atomic E-state index is 0.441. The van der Waals surface area contributed by atoms with Gasteiger partial charge in [0.2, 0.25) is 0 Å². The molecule has 0 aliphatic rings. The van der Waals surface area contributed by atoms with Crippen LogP contribution in [0.5, 0.6) is 0 Å². The lowest BCUT2D eigenvalue weighted by molar-refractivity contribution is 0.665. The van der Waals surface area contributed by atoms with Gasteiger partial charge in [-0.15, -0.1) is 0 Å². The number of hydrogen-bond acceptors (Lipinski definition) is 2. The van der Waals surface area contributed by atoms with Gasteiger partial charge in [0.05, 0.1) is 0 Å². The van der Waals surface area contributed by atoms with Crippen LogP contribution in [0.4, 0.5) is 0 Å². The van der Waals surface area contributed by atoms with E-state index >= 15 is 0 Å². The Morgan fingerprint density at radius 2 is 1.67 bits per heavy atom. The molecule has 3 heteroatoms. The molecule has 0 aromatic heterocycles. The van der Waals surface area contributed by atoms with Crippen molar-refractivity contribution in [2.75, 3.05) is 21.1 Å². The number of nitrogens with zero attached hydrogens (tertiary/aromatic N) is 3. The zero-order chi connectivity index (χ0) is 9.72. The van der Waals surface area contributed by atoms with Crippen LogP contribution in [0.25, 0.3) is 0 Å². The second kappa shape index (κ2) is 4.91. The van der Waals surface area contributed by atoms with E-state index in [4.69, 9.17) is 0 Å². The van der Waals surface area contributed by atoms with E-state index in [1.165, 1.54) is 0 Å². The first kappa shape index (κ1) is 11.1. The van der Waals surface area contributed by atoms with Crippen LogP contribution in [0.1, 0.15) is 20.8 Å². The van der Waals surface area contributed by atoms with Crippen molar-refractivity contribution in [1.82, 2.24) is 4.90 Å². The zero-order valence-electron chi connectivity index (χ0n) is 8.92. The minimum atomic E-state index is 0.441. The van der Waals surface area contributed by atoms with Crippen molar-refractivity contribution in [3.05, 3.63) is 0 Å². The van der Waals surface area contributed by atoms with Gasteiger partial charge in [-0.1, -0.05) is 13.8 Å². The normalized spacial score (nSPS) is 13.9. The molecule has 0 aliphatic heterocycles. The number of amidine groups is 2. The summed E-state index contributed by atoms with van der Waals surface area (Å²) >= 11 is 0. The van der Waals surface area contributed by atoms with Crippen molar-refractivity contribution >= 4 is 11.7 Å². The van der Waals surface area contributed by atoms with Gasteiger partial charge in [0, 0.05) is 27.1 Å². The zero-order valence-corrected chi connectivity index (χ0v) is 8.92. The van der Waals surface area contributed by atoms with Gasteiger partial charge in [-0.05, 0) is 6.92 Å². The van der Waals surface area contributed by atoms with Crippen LogP contribution < -0.4 is 0 Å². The summed E-state index contributed by atoms with van der Waals surface area (Å²) < 4.78 is 0. The van der Waals surface area contributed by atoms with Gasteiger partial charge in [0.15, 0.2) is 0 Å². The molecule has 0 saturated carbocycles. The number of hydrogen-bond donors (Lipinski definition) is 0. The van der Waals surface area contributed by atoms with E-state index in [0.717, 1.165) is 11.7 Å². The second-order valence-corrected chi connectivity index (χ2v) is 3.07. The smallest absolute Gasteiger partial charge is 0.106 e. The summed E-state index contributed by atoms with van der Waals surface area (Å²) in [6, 6.07) is 0. The van der Waals surface area contributed by atoms with Crippen LogP contribution in [0.2, 0.25) is 0 Å². The molecule has 0 atom stereocenters. The Labute approximate surface area is 75.2 Å². The SMILES string of the molecule is CN=C(C)N(C)C(=NC)C(C)C. The summed E-state index contributed by atoms with van der Waals surface area (Å²) in [7, 11) is 5.60. The lowest BCUT2D eigenvalue weighted by atomic mass is 10.2. The average Bonchev–Trinajstić information content (AvgIpc) is 2.03. The van der Waals surface area contributed by atoms with E-state index < -0.39 is 0 Å². The second-order valence-electron chi connectivity index (χ2n) is 3.07. The molecule has 0 aromatic rings. The van der Waals surface area contributed by atoms with Crippen LogP contribution in [0.15, 0.2) is 9.98 Å². The molecule has 0 unspecified atom stereocenters. The molecular weight excluding hydrogens is 150 g/mol. The molecule has 0 fully saturated rings. The van der Waals surface area contributed by atoms with Crippen molar-refractivity contribution in [1.29, 1.82) is 0 Å². The summed E-state index contributed by atoms with van der Waals surface area (Å²) in [5, 5.41) is 0. The fraction of sp³-hybridized carbons (Fsp3) is 0.778. The topological polar surface area (TPSA) is 28.0 Å². The van der Waals surface area contributed by atoms with Crippen LogP contribution in [-0.2, 0) is 0 Å². The predicted octanol–water partition coefficient (Wildman–Crippen LogP) is 1.65. The lowest BCUT2D eigenvalue weighted by Crippen LogP contribution is -2.34. The number of aliphatic imine (C=N–C) groups is 2. The Hall–Kier alpha value is -0.860. The molecular formula is C9H19N3. The van der Waals surface area contributed by atoms with Crippen LogP contribution in [-0.4, -0.2) is 37.7 Å². The summed E-state index contributed by atoms with van der Waals surface area (Å²) in [6.07, 6.45) is 0. The van der Waals surface area contributed by atoms with E-state index in [1.54, 1.807) is 7.05 Å². The predicted molar refractivity (Wildman–Crippen MR) is 55.0 cm³/mol. The summed E-state index contributed by atoms with van der Waals surface area (Å²) in [5.74, 6) is 2.50. The molecule has 0 N–H and O–H groups in total. The molecule has 0 radical (unpaired) electrons. The third kappa shape index (κ3) is 2.64. The molecule has 70 valence electrons. The van der Waals surface area contributed by atoms with Gasteiger partial charge >= 0.3 is 0 Å². The molecule has 0 aromatic carbocycles. The van der Waals surface area contributed by atoms with Crippen molar-refractivity contribution in [2.24, 2.45) is 15.9 Å². The molecule has 3 nitrogen and oxygen atoms in total. The fourth-order valence-corrected chi connectivity index (χ4v) is 1.11. The molecule has 0 amide bonds. The van der Waals surface area contributed by atoms with Gasteiger partial charge in [0.1, 0.15) is 11.7 Å². The maximum atomic E-state index is 4.22. The highest BCUT2D eigenvalue weighted by molar-refractivity contribution is 6.00. The number of rotatable bonds is 1. The van der Waals surface area contributed by atoms with Gasteiger partial charge in [-0.3, -0.25) is 9.98 Å².